The number of rotatable bonds is 4. The lowest BCUT2D eigenvalue weighted by atomic mass is 10.3. The topological polar surface area (TPSA) is 66.4 Å². The molecule has 2 N–H and O–H groups in total. The first kappa shape index (κ1) is 16.2. The molecule has 1 aromatic carbocycles. The highest BCUT2D eigenvalue weighted by Crippen LogP contribution is 2.23. The lowest BCUT2D eigenvalue weighted by Crippen LogP contribution is -2.40. The van der Waals surface area contributed by atoms with Gasteiger partial charge in [-0.3, -0.25) is 0 Å². The Hall–Kier alpha value is -0.900. The standard InChI is InChI=1S/C9H8ClF4NO3S/c10-6-2-1-5(11)3-7(6)19(17,18)15-4-8(16)9(12,13)14/h1-3,8,15-16H,4H2. The summed E-state index contributed by atoms with van der Waals surface area (Å²) in [6.07, 6.45) is -7.83. The Bertz CT molecular complexity index is 561. The van der Waals surface area contributed by atoms with E-state index in [1.165, 1.54) is 4.72 Å². The van der Waals surface area contributed by atoms with Gasteiger partial charge in [-0.15, -0.1) is 0 Å². The van der Waals surface area contributed by atoms with Crippen LogP contribution in [0, 0.1) is 5.82 Å². The Balaban J connectivity index is 2.91. The molecule has 1 atom stereocenters. The highest BCUT2D eigenvalue weighted by molar-refractivity contribution is 7.89. The third kappa shape index (κ3) is 4.30. The largest absolute Gasteiger partial charge is 0.415 e. The molecule has 0 spiro atoms. The number of nitrogens with one attached hydrogen (secondary N) is 1. The minimum absolute atomic E-state index is 0.351. The molecule has 1 unspecified atom stereocenters. The first-order valence-electron chi connectivity index (χ1n) is 4.73. The van der Waals surface area contributed by atoms with Crippen molar-refractivity contribution in [3.05, 3.63) is 29.0 Å². The van der Waals surface area contributed by atoms with E-state index in [4.69, 9.17) is 16.7 Å². The minimum atomic E-state index is -4.96. The van der Waals surface area contributed by atoms with E-state index in [-0.39, 0.29) is 5.02 Å². The van der Waals surface area contributed by atoms with Gasteiger partial charge in [0.25, 0.3) is 0 Å². The summed E-state index contributed by atoms with van der Waals surface area (Å²) < 4.78 is 73.6. The molecule has 0 fully saturated rings. The van der Waals surface area contributed by atoms with Crippen LogP contribution >= 0.6 is 11.6 Å². The molecule has 0 bridgehead atoms. The van der Waals surface area contributed by atoms with E-state index in [1.54, 1.807) is 0 Å². The van der Waals surface area contributed by atoms with Gasteiger partial charge in [0, 0.05) is 6.54 Å². The fourth-order valence-corrected chi connectivity index (χ4v) is 2.61. The van der Waals surface area contributed by atoms with Crippen LogP contribution in [0.2, 0.25) is 5.02 Å². The molecule has 1 rings (SSSR count). The predicted octanol–water partition coefficient (Wildman–Crippen LogP) is 1.68. The molecule has 0 saturated carbocycles. The van der Waals surface area contributed by atoms with Gasteiger partial charge in [0.15, 0.2) is 6.10 Å². The molecular formula is C9H8ClF4NO3S. The van der Waals surface area contributed by atoms with Gasteiger partial charge in [0.2, 0.25) is 10.0 Å². The lowest BCUT2D eigenvalue weighted by molar-refractivity contribution is -0.200. The second-order valence-electron chi connectivity index (χ2n) is 3.48. The van der Waals surface area contributed by atoms with Gasteiger partial charge >= 0.3 is 6.18 Å². The second-order valence-corrected chi connectivity index (χ2v) is 5.63. The van der Waals surface area contributed by atoms with E-state index in [9.17, 15) is 26.0 Å². The third-order valence-corrected chi connectivity index (χ3v) is 3.93. The maximum absolute atomic E-state index is 12.9. The van der Waals surface area contributed by atoms with Crippen LogP contribution < -0.4 is 4.72 Å². The highest BCUT2D eigenvalue weighted by atomic mass is 35.5. The molecule has 19 heavy (non-hydrogen) atoms. The molecule has 0 radical (unpaired) electrons. The Morgan fingerprint density at radius 2 is 1.95 bits per heavy atom. The quantitative estimate of drug-likeness (QED) is 0.829. The Labute approximate surface area is 111 Å². The number of aliphatic hydroxyl groups is 1. The minimum Gasteiger partial charge on any atom is -0.382 e. The zero-order chi connectivity index (χ0) is 14.8. The Morgan fingerprint density at radius 3 is 2.47 bits per heavy atom. The lowest BCUT2D eigenvalue weighted by Gasteiger charge is -2.15. The van der Waals surface area contributed by atoms with Gasteiger partial charge < -0.3 is 5.11 Å². The summed E-state index contributed by atoms with van der Waals surface area (Å²) in [5.41, 5.74) is 0. The van der Waals surface area contributed by atoms with Crippen LogP contribution in [-0.4, -0.2) is 32.3 Å². The smallest absolute Gasteiger partial charge is 0.382 e. The highest BCUT2D eigenvalue weighted by Gasteiger charge is 2.38. The van der Waals surface area contributed by atoms with Gasteiger partial charge in [-0.1, -0.05) is 11.6 Å². The van der Waals surface area contributed by atoms with E-state index < -0.39 is 39.6 Å². The van der Waals surface area contributed by atoms with E-state index in [1.807, 2.05) is 0 Å². The summed E-state index contributed by atoms with van der Waals surface area (Å²) in [6, 6.07) is 2.40. The van der Waals surface area contributed by atoms with Crippen LogP contribution in [0.4, 0.5) is 17.6 Å². The third-order valence-electron chi connectivity index (χ3n) is 2.03. The first-order chi connectivity index (χ1) is 8.54. The van der Waals surface area contributed by atoms with Crippen LogP contribution in [0.25, 0.3) is 0 Å². The Morgan fingerprint density at radius 1 is 1.37 bits per heavy atom. The first-order valence-corrected chi connectivity index (χ1v) is 6.59. The summed E-state index contributed by atoms with van der Waals surface area (Å²) in [7, 11) is -4.45. The van der Waals surface area contributed by atoms with Crippen molar-refractivity contribution in [3.63, 3.8) is 0 Å². The van der Waals surface area contributed by atoms with Crippen LogP contribution in [0.5, 0.6) is 0 Å². The fourth-order valence-electron chi connectivity index (χ4n) is 1.07. The summed E-state index contributed by atoms with van der Waals surface area (Å²) in [6.45, 7) is -1.29. The van der Waals surface area contributed by atoms with Crippen molar-refractivity contribution in [3.8, 4) is 0 Å². The van der Waals surface area contributed by atoms with E-state index in [0.717, 1.165) is 12.1 Å². The van der Waals surface area contributed by atoms with Crippen LogP contribution in [0.15, 0.2) is 23.1 Å². The number of benzene rings is 1. The molecule has 0 heterocycles. The van der Waals surface area contributed by atoms with Gasteiger partial charge in [-0.2, -0.15) is 13.2 Å². The molecular weight excluding hydrogens is 314 g/mol. The average Bonchev–Trinajstić information content (AvgIpc) is 2.28. The normalized spacial score (nSPS) is 14.4. The van der Waals surface area contributed by atoms with E-state index in [2.05, 4.69) is 0 Å². The molecule has 0 aliphatic heterocycles. The molecule has 108 valence electrons. The zero-order valence-electron chi connectivity index (χ0n) is 9.08. The van der Waals surface area contributed by atoms with Crippen molar-refractivity contribution < 1.29 is 31.1 Å². The zero-order valence-corrected chi connectivity index (χ0v) is 10.7. The molecule has 0 saturated heterocycles. The number of hydrogen-bond donors (Lipinski definition) is 2. The second kappa shape index (κ2) is 5.61. The number of halogens is 5. The molecule has 1 aromatic rings. The van der Waals surface area contributed by atoms with E-state index >= 15 is 0 Å². The number of hydrogen-bond acceptors (Lipinski definition) is 3. The predicted molar refractivity (Wildman–Crippen MR) is 58.7 cm³/mol. The van der Waals surface area contributed by atoms with Crippen molar-refractivity contribution >= 4 is 21.6 Å². The van der Waals surface area contributed by atoms with Crippen molar-refractivity contribution in [2.75, 3.05) is 6.54 Å². The monoisotopic (exact) mass is 321 g/mol. The van der Waals surface area contributed by atoms with Gasteiger partial charge in [0.05, 0.1) is 5.02 Å². The SMILES string of the molecule is O=S(=O)(NCC(O)C(F)(F)F)c1cc(F)ccc1Cl. The summed E-state index contributed by atoms with van der Waals surface area (Å²) in [5.74, 6) is -0.916. The van der Waals surface area contributed by atoms with E-state index in [0.29, 0.717) is 6.07 Å². The van der Waals surface area contributed by atoms with Crippen molar-refractivity contribution in [2.45, 2.75) is 17.2 Å². The summed E-state index contributed by atoms with van der Waals surface area (Å²) in [4.78, 5) is -0.705. The van der Waals surface area contributed by atoms with Crippen LogP contribution in [-0.2, 0) is 10.0 Å². The molecule has 4 nitrogen and oxygen atoms in total. The molecule has 0 aliphatic carbocycles. The fraction of sp³-hybridized carbons (Fsp3) is 0.333. The van der Waals surface area contributed by atoms with Crippen LogP contribution in [0.3, 0.4) is 0 Å². The summed E-state index contributed by atoms with van der Waals surface area (Å²) >= 11 is 5.52. The Kier molecular flexibility index (Phi) is 4.77. The number of sulfonamides is 1. The maximum atomic E-state index is 12.9. The van der Waals surface area contributed by atoms with Crippen molar-refractivity contribution in [1.29, 1.82) is 0 Å². The maximum Gasteiger partial charge on any atom is 0.415 e. The van der Waals surface area contributed by atoms with Crippen molar-refractivity contribution in [2.24, 2.45) is 0 Å². The van der Waals surface area contributed by atoms with Crippen molar-refractivity contribution in [1.82, 2.24) is 4.72 Å². The van der Waals surface area contributed by atoms with Gasteiger partial charge in [-0.25, -0.2) is 17.5 Å². The van der Waals surface area contributed by atoms with Crippen LogP contribution in [0.1, 0.15) is 0 Å². The summed E-state index contributed by atoms with van der Waals surface area (Å²) in [5, 5.41) is 8.31. The number of alkyl halides is 3. The molecule has 0 amide bonds. The average molecular weight is 322 g/mol. The molecule has 10 heteroatoms. The molecule has 0 aromatic heterocycles. The van der Waals surface area contributed by atoms with Gasteiger partial charge in [0.1, 0.15) is 10.7 Å². The van der Waals surface area contributed by atoms with Gasteiger partial charge in [-0.05, 0) is 18.2 Å². The number of aliphatic hydroxyl groups excluding tert-OH is 1. The molecule has 0 aliphatic rings.